The maximum atomic E-state index is 12.4. The summed E-state index contributed by atoms with van der Waals surface area (Å²) in [7, 11) is 0. The van der Waals surface area contributed by atoms with E-state index in [0.717, 1.165) is 36.3 Å². The van der Waals surface area contributed by atoms with Gasteiger partial charge in [0.2, 0.25) is 5.91 Å². The zero-order valence-corrected chi connectivity index (χ0v) is 18.1. The average Bonchev–Trinajstić information content (AvgIpc) is 3.20. The van der Waals surface area contributed by atoms with Gasteiger partial charge in [-0.05, 0) is 62.5 Å². The second kappa shape index (κ2) is 8.07. The van der Waals surface area contributed by atoms with Gasteiger partial charge < -0.3 is 4.52 Å². The van der Waals surface area contributed by atoms with Crippen molar-refractivity contribution in [1.29, 1.82) is 0 Å². The third-order valence-corrected chi connectivity index (χ3v) is 6.87. The zero-order valence-electron chi connectivity index (χ0n) is 17.3. The zero-order chi connectivity index (χ0) is 20.5. The van der Waals surface area contributed by atoms with Crippen LogP contribution in [0.5, 0.6) is 0 Å². The van der Waals surface area contributed by atoms with Crippen molar-refractivity contribution in [2.75, 3.05) is 0 Å². The first-order chi connectivity index (χ1) is 13.1. The molecule has 0 unspecified atom stereocenters. The number of carbonyl (C=O) groups excluding carboxylic acids is 2. The lowest BCUT2D eigenvalue weighted by molar-refractivity contribution is -0.121. The van der Waals surface area contributed by atoms with Crippen LogP contribution in [0.1, 0.15) is 70.7 Å². The number of aromatic nitrogens is 1. The Bertz CT molecular complexity index is 857. The summed E-state index contributed by atoms with van der Waals surface area (Å²) in [5.74, 6) is 0.876. The van der Waals surface area contributed by atoms with Crippen molar-refractivity contribution >= 4 is 23.2 Å². The van der Waals surface area contributed by atoms with E-state index in [2.05, 4.69) is 36.8 Å². The molecule has 6 nitrogen and oxygen atoms in total. The summed E-state index contributed by atoms with van der Waals surface area (Å²) >= 11 is 1.54. The molecule has 0 fully saturated rings. The van der Waals surface area contributed by atoms with Gasteiger partial charge in [0.1, 0.15) is 5.76 Å². The minimum atomic E-state index is -0.252. The van der Waals surface area contributed by atoms with Crippen LogP contribution < -0.4 is 10.9 Å². The summed E-state index contributed by atoms with van der Waals surface area (Å²) in [6.07, 6.45) is 4.00. The molecule has 0 radical (unpaired) electrons. The Hall–Kier alpha value is -2.15. The smallest absolute Gasteiger partial charge is 0.279 e. The van der Waals surface area contributed by atoms with Crippen LogP contribution in [0.2, 0.25) is 0 Å². The molecule has 2 heterocycles. The molecule has 0 bridgehead atoms. The number of nitrogens with one attached hydrogen (secondary N) is 2. The van der Waals surface area contributed by atoms with E-state index in [9.17, 15) is 9.59 Å². The highest BCUT2D eigenvalue weighted by atomic mass is 32.1. The molecule has 3 rings (SSSR count). The highest BCUT2D eigenvalue weighted by molar-refractivity contribution is 7.14. The highest BCUT2D eigenvalue weighted by Crippen LogP contribution is 2.40. The molecule has 2 aromatic rings. The molecule has 7 heteroatoms. The number of hydrogen-bond donors (Lipinski definition) is 2. The third kappa shape index (κ3) is 4.63. The molecule has 0 aromatic carbocycles. The van der Waals surface area contributed by atoms with Gasteiger partial charge in [-0.2, -0.15) is 0 Å². The van der Waals surface area contributed by atoms with Crippen molar-refractivity contribution in [2.45, 2.75) is 66.7 Å². The molecule has 0 saturated carbocycles. The van der Waals surface area contributed by atoms with Gasteiger partial charge in [-0.3, -0.25) is 20.4 Å². The number of thiophene rings is 1. The number of rotatable bonds is 4. The van der Waals surface area contributed by atoms with E-state index < -0.39 is 0 Å². The molecule has 1 aliphatic rings. The Morgan fingerprint density at radius 2 is 2.04 bits per heavy atom. The summed E-state index contributed by atoms with van der Waals surface area (Å²) < 4.78 is 5.10. The summed E-state index contributed by atoms with van der Waals surface area (Å²) in [6, 6.07) is 1.99. The summed E-state index contributed by atoms with van der Waals surface area (Å²) in [4.78, 5) is 26.5. The predicted octanol–water partition coefficient (Wildman–Crippen LogP) is 3.90. The standard InChI is InChI=1S/C21H29N3O3S/c1-12-16(13(2)27-24-12)7-9-19(25)22-23-20(26)18-11-14-10-15(21(3,4)5)6-8-17(14)28-18/h11,15H,6-10H2,1-5H3,(H,22,25)(H,23,26)/t15-/m1/s1. The van der Waals surface area contributed by atoms with Crippen LogP contribution in [0.25, 0.3) is 0 Å². The van der Waals surface area contributed by atoms with Gasteiger partial charge in [-0.15, -0.1) is 11.3 Å². The average molecular weight is 404 g/mol. The second-order valence-electron chi connectivity index (χ2n) is 8.67. The minimum Gasteiger partial charge on any atom is -0.361 e. The maximum absolute atomic E-state index is 12.4. The summed E-state index contributed by atoms with van der Waals surface area (Å²) in [6.45, 7) is 10.5. The van der Waals surface area contributed by atoms with Crippen LogP contribution in [0.3, 0.4) is 0 Å². The fourth-order valence-electron chi connectivity index (χ4n) is 3.72. The van der Waals surface area contributed by atoms with Gasteiger partial charge in [0.25, 0.3) is 5.91 Å². The van der Waals surface area contributed by atoms with E-state index in [1.807, 2.05) is 19.9 Å². The van der Waals surface area contributed by atoms with Crippen molar-refractivity contribution in [3.8, 4) is 0 Å². The lowest BCUT2D eigenvalue weighted by atomic mass is 9.72. The first-order valence-corrected chi connectivity index (χ1v) is 10.6. The molecular weight excluding hydrogens is 374 g/mol. The van der Waals surface area contributed by atoms with Crippen LogP contribution in [0.4, 0.5) is 0 Å². The van der Waals surface area contributed by atoms with E-state index in [0.29, 0.717) is 17.2 Å². The molecule has 1 aliphatic carbocycles. The molecule has 0 aliphatic heterocycles. The van der Waals surface area contributed by atoms with Crippen molar-refractivity contribution in [2.24, 2.45) is 11.3 Å². The van der Waals surface area contributed by atoms with Gasteiger partial charge in [0.15, 0.2) is 0 Å². The van der Waals surface area contributed by atoms with E-state index in [-0.39, 0.29) is 23.7 Å². The van der Waals surface area contributed by atoms with E-state index in [1.54, 1.807) is 0 Å². The highest BCUT2D eigenvalue weighted by Gasteiger charge is 2.30. The van der Waals surface area contributed by atoms with Crippen LogP contribution in [-0.2, 0) is 24.1 Å². The lowest BCUT2D eigenvalue weighted by Gasteiger charge is -2.33. The monoisotopic (exact) mass is 403 g/mol. The van der Waals surface area contributed by atoms with Crippen molar-refractivity contribution < 1.29 is 14.1 Å². The molecule has 28 heavy (non-hydrogen) atoms. The molecule has 2 N–H and O–H groups in total. The predicted molar refractivity (Wildman–Crippen MR) is 109 cm³/mol. The van der Waals surface area contributed by atoms with Crippen LogP contribution in [0.15, 0.2) is 10.6 Å². The van der Waals surface area contributed by atoms with Crippen molar-refractivity contribution in [3.05, 3.63) is 38.4 Å². The van der Waals surface area contributed by atoms with Crippen molar-refractivity contribution in [3.63, 3.8) is 0 Å². The Morgan fingerprint density at radius 3 is 2.68 bits per heavy atom. The number of amides is 2. The molecule has 2 aromatic heterocycles. The van der Waals surface area contributed by atoms with Gasteiger partial charge in [-0.1, -0.05) is 25.9 Å². The molecular formula is C21H29N3O3S. The number of aryl methyl sites for hydroxylation is 3. The van der Waals surface area contributed by atoms with Crippen molar-refractivity contribution in [1.82, 2.24) is 16.0 Å². The number of fused-ring (bicyclic) bond motifs is 1. The Labute approximate surface area is 170 Å². The summed E-state index contributed by atoms with van der Waals surface area (Å²) in [5.41, 5.74) is 8.36. The van der Waals surface area contributed by atoms with E-state index >= 15 is 0 Å². The van der Waals surface area contributed by atoms with Crippen LogP contribution in [0, 0.1) is 25.2 Å². The Kier molecular flexibility index (Phi) is 5.93. The first-order valence-electron chi connectivity index (χ1n) is 9.77. The van der Waals surface area contributed by atoms with Gasteiger partial charge in [-0.25, -0.2) is 0 Å². The molecule has 2 amide bonds. The number of hydrazine groups is 1. The second-order valence-corrected chi connectivity index (χ2v) is 9.81. The SMILES string of the molecule is Cc1noc(C)c1CCC(=O)NNC(=O)c1cc2c(s1)CC[C@@H](C(C)(C)C)C2. The van der Waals surface area contributed by atoms with Gasteiger partial charge >= 0.3 is 0 Å². The minimum absolute atomic E-state index is 0.234. The van der Waals surface area contributed by atoms with Gasteiger partial charge in [0, 0.05) is 16.9 Å². The lowest BCUT2D eigenvalue weighted by Crippen LogP contribution is -2.41. The quantitative estimate of drug-likeness (QED) is 0.759. The number of carbonyl (C=O) groups is 2. The van der Waals surface area contributed by atoms with Crippen LogP contribution >= 0.6 is 11.3 Å². The fourth-order valence-corrected chi connectivity index (χ4v) is 4.83. The fraction of sp³-hybridized carbons (Fsp3) is 0.571. The number of hydrogen-bond acceptors (Lipinski definition) is 5. The molecule has 152 valence electrons. The third-order valence-electron chi connectivity index (χ3n) is 5.63. The van der Waals surface area contributed by atoms with Gasteiger partial charge in [0.05, 0.1) is 10.6 Å². The van der Waals surface area contributed by atoms with E-state index in [4.69, 9.17) is 4.52 Å². The summed E-state index contributed by atoms with van der Waals surface area (Å²) in [5, 5.41) is 3.89. The van der Waals surface area contributed by atoms with E-state index in [1.165, 1.54) is 21.8 Å². The van der Waals surface area contributed by atoms with Crippen LogP contribution in [-0.4, -0.2) is 17.0 Å². The maximum Gasteiger partial charge on any atom is 0.279 e. The first kappa shape index (κ1) is 20.6. The topological polar surface area (TPSA) is 84.2 Å². The molecule has 0 saturated heterocycles. The Balaban J connectivity index is 1.52. The molecule has 1 atom stereocenters. The molecule has 0 spiro atoms. The number of nitrogens with zero attached hydrogens (tertiary/aromatic N) is 1. The largest absolute Gasteiger partial charge is 0.361 e. The normalized spacial score (nSPS) is 16.5. The Morgan fingerprint density at radius 1 is 1.29 bits per heavy atom.